The highest BCUT2D eigenvalue weighted by Gasteiger charge is 2.23. The molecule has 1 heterocycles. The molecular formula is C23H37N5O2. The van der Waals surface area contributed by atoms with Crippen LogP contribution in [0.5, 0.6) is 5.75 Å². The van der Waals surface area contributed by atoms with Crippen molar-refractivity contribution < 1.29 is 9.53 Å². The fourth-order valence-corrected chi connectivity index (χ4v) is 3.55. The van der Waals surface area contributed by atoms with Crippen LogP contribution in [-0.2, 0) is 11.2 Å². The Balaban J connectivity index is 1.34. The van der Waals surface area contributed by atoms with Crippen LogP contribution < -0.4 is 20.7 Å². The molecule has 1 aliphatic carbocycles. The monoisotopic (exact) mass is 415 g/mol. The van der Waals surface area contributed by atoms with Gasteiger partial charge in [0.15, 0.2) is 12.6 Å². The van der Waals surface area contributed by atoms with Gasteiger partial charge in [0.05, 0.1) is 6.54 Å². The largest absolute Gasteiger partial charge is 0.484 e. The van der Waals surface area contributed by atoms with E-state index in [1.54, 1.807) is 0 Å². The van der Waals surface area contributed by atoms with Gasteiger partial charge in [-0.2, -0.15) is 0 Å². The van der Waals surface area contributed by atoms with Crippen molar-refractivity contribution >= 4 is 11.9 Å². The Morgan fingerprint density at radius 2 is 1.90 bits per heavy atom. The third-order valence-electron chi connectivity index (χ3n) is 5.42. The van der Waals surface area contributed by atoms with E-state index in [4.69, 9.17) is 9.73 Å². The van der Waals surface area contributed by atoms with Crippen molar-refractivity contribution in [3.05, 3.63) is 29.8 Å². The Bertz CT molecular complexity index is 667. The summed E-state index contributed by atoms with van der Waals surface area (Å²) in [6, 6.07) is 8.33. The van der Waals surface area contributed by atoms with E-state index in [-0.39, 0.29) is 12.5 Å². The summed E-state index contributed by atoms with van der Waals surface area (Å²) in [6.45, 7) is 8.14. The summed E-state index contributed by atoms with van der Waals surface area (Å²) in [5.74, 6) is 1.57. The van der Waals surface area contributed by atoms with Crippen LogP contribution in [0.4, 0.5) is 0 Å². The summed E-state index contributed by atoms with van der Waals surface area (Å²) in [5.41, 5.74) is 1.22. The molecule has 0 bridgehead atoms. The smallest absolute Gasteiger partial charge is 0.258 e. The molecule has 7 nitrogen and oxygen atoms in total. The lowest BCUT2D eigenvalue weighted by Crippen LogP contribution is -2.39. The first-order valence-corrected chi connectivity index (χ1v) is 11.5. The second-order valence-electron chi connectivity index (χ2n) is 8.11. The number of carbonyl (C=O) groups excluding carboxylic acids is 1. The van der Waals surface area contributed by atoms with Crippen molar-refractivity contribution in [2.45, 2.75) is 51.5 Å². The third kappa shape index (κ3) is 8.61. The molecular weight excluding hydrogens is 378 g/mol. The Kier molecular flexibility index (Phi) is 9.28. The Morgan fingerprint density at radius 1 is 1.13 bits per heavy atom. The van der Waals surface area contributed by atoms with Crippen molar-refractivity contribution in [1.82, 2.24) is 20.9 Å². The van der Waals surface area contributed by atoms with Gasteiger partial charge in [0.1, 0.15) is 5.75 Å². The van der Waals surface area contributed by atoms with E-state index in [9.17, 15) is 4.79 Å². The lowest BCUT2D eigenvalue weighted by Gasteiger charge is -2.25. The normalized spacial score (nSPS) is 17.4. The van der Waals surface area contributed by atoms with E-state index < -0.39 is 0 Å². The zero-order valence-electron chi connectivity index (χ0n) is 18.3. The van der Waals surface area contributed by atoms with Crippen LogP contribution in [0.2, 0.25) is 0 Å². The molecule has 1 saturated carbocycles. The second-order valence-corrected chi connectivity index (χ2v) is 8.11. The van der Waals surface area contributed by atoms with Crippen molar-refractivity contribution in [3.8, 4) is 5.75 Å². The molecule has 30 heavy (non-hydrogen) atoms. The van der Waals surface area contributed by atoms with Gasteiger partial charge in [0.2, 0.25) is 0 Å². The number of aliphatic imine (C=N–C) groups is 1. The van der Waals surface area contributed by atoms with Crippen LogP contribution in [0.15, 0.2) is 29.3 Å². The number of nitrogens with zero attached hydrogens (tertiary/aromatic N) is 2. The van der Waals surface area contributed by atoms with Gasteiger partial charge in [-0.1, -0.05) is 18.6 Å². The number of amides is 1. The van der Waals surface area contributed by atoms with Crippen molar-refractivity contribution in [2.24, 2.45) is 4.99 Å². The third-order valence-corrected chi connectivity index (χ3v) is 5.42. The minimum absolute atomic E-state index is 0.0405. The highest BCUT2D eigenvalue weighted by molar-refractivity contribution is 5.79. The van der Waals surface area contributed by atoms with Gasteiger partial charge in [-0.25, -0.2) is 0 Å². The molecule has 1 aliphatic heterocycles. The number of hydrogen-bond acceptors (Lipinski definition) is 4. The number of guanidine groups is 1. The van der Waals surface area contributed by atoms with E-state index in [0.29, 0.717) is 6.04 Å². The standard InChI is InChI=1S/C23H37N5O2/c1-2-24-23(26-14-17-28-15-4-3-5-16-28)25-13-12-19-6-10-21(11-7-19)30-18-22(29)27-20-8-9-20/h6-7,10-11,20H,2-5,8-9,12-18H2,1H3,(H,27,29)(H2,24,25,26). The first-order chi connectivity index (χ1) is 14.7. The SMILES string of the molecule is CCNC(=NCCN1CCCCC1)NCCc1ccc(OCC(=O)NC2CC2)cc1. The molecule has 1 aromatic rings. The van der Waals surface area contributed by atoms with Crippen LogP contribution in [0, 0.1) is 0 Å². The maximum Gasteiger partial charge on any atom is 0.258 e. The maximum absolute atomic E-state index is 11.7. The summed E-state index contributed by atoms with van der Waals surface area (Å²) in [7, 11) is 0. The van der Waals surface area contributed by atoms with Gasteiger partial charge < -0.3 is 25.6 Å². The van der Waals surface area contributed by atoms with E-state index >= 15 is 0 Å². The molecule has 0 spiro atoms. The number of hydrogen-bond donors (Lipinski definition) is 3. The lowest BCUT2D eigenvalue weighted by atomic mass is 10.1. The van der Waals surface area contributed by atoms with Gasteiger partial charge in [0.25, 0.3) is 5.91 Å². The summed E-state index contributed by atoms with van der Waals surface area (Å²) in [5, 5.41) is 9.67. The van der Waals surface area contributed by atoms with Gasteiger partial charge in [-0.15, -0.1) is 0 Å². The van der Waals surface area contributed by atoms with Crippen LogP contribution in [0.3, 0.4) is 0 Å². The van der Waals surface area contributed by atoms with Crippen molar-refractivity contribution in [1.29, 1.82) is 0 Å². The molecule has 0 unspecified atom stereocenters. The molecule has 7 heteroatoms. The Labute approximate surface area is 180 Å². The topological polar surface area (TPSA) is 78.0 Å². The molecule has 3 N–H and O–H groups in total. The van der Waals surface area contributed by atoms with Gasteiger partial charge in [0, 0.05) is 25.7 Å². The molecule has 0 radical (unpaired) electrons. The first kappa shape index (κ1) is 22.4. The zero-order valence-corrected chi connectivity index (χ0v) is 18.3. The fraction of sp³-hybridized carbons (Fsp3) is 0.652. The molecule has 0 atom stereocenters. The number of rotatable bonds is 11. The molecule has 166 valence electrons. The van der Waals surface area contributed by atoms with Crippen molar-refractivity contribution in [2.75, 3.05) is 45.9 Å². The van der Waals surface area contributed by atoms with Gasteiger partial charge >= 0.3 is 0 Å². The average molecular weight is 416 g/mol. The second kappa shape index (κ2) is 12.4. The Hall–Kier alpha value is -2.28. The predicted molar refractivity (Wildman–Crippen MR) is 121 cm³/mol. The lowest BCUT2D eigenvalue weighted by molar-refractivity contribution is -0.123. The van der Waals surface area contributed by atoms with Crippen LogP contribution >= 0.6 is 0 Å². The first-order valence-electron chi connectivity index (χ1n) is 11.5. The highest BCUT2D eigenvalue weighted by Crippen LogP contribution is 2.18. The number of nitrogens with one attached hydrogen (secondary N) is 3. The minimum Gasteiger partial charge on any atom is -0.484 e. The van der Waals surface area contributed by atoms with E-state index in [1.807, 2.05) is 12.1 Å². The quantitative estimate of drug-likeness (QED) is 0.380. The fourth-order valence-electron chi connectivity index (χ4n) is 3.55. The number of piperidine rings is 1. The van der Waals surface area contributed by atoms with Crippen LogP contribution in [0.25, 0.3) is 0 Å². The van der Waals surface area contributed by atoms with E-state index in [1.165, 1.54) is 37.9 Å². The molecule has 2 aliphatic rings. The number of benzene rings is 1. The van der Waals surface area contributed by atoms with E-state index in [0.717, 1.165) is 57.2 Å². The molecule has 1 aromatic carbocycles. The van der Waals surface area contributed by atoms with Crippen molar-refractivity contribution in [3.63, 3.8) is 0 Å². The number of ether oxygens (including phenoxy) is 1. The number of carbonyl (C=O) groups is 1. The van der Waals surface area contributed by atoms with Gasteiger partial charge in [-0.3, -0.25) is 9.79 Å². The van der Waals surface area contributed by atoms with E-state index in [2.05, 4.69) is 39.9 Å². The summed E-state index contributed by atoms with van der Waals surface area (Å²) in [4.78, 5) is 18.9. The van der Waals surface area contributed by atoms with Crippen LogP contribution in [-0.4, -0.2) is 68.7 Å². The summed E-state index contributed by atoms with van der Waals surface area (Å²) < 4.78 is 5.56. The number of likely N-dealkylation sites (tertiary alicyclic amines) is 1. The summed E-state index contributed by atoms with van der Waals surface area (Å²) >= 11 is 0. The average Bonchev–Trinajstić information content (AvgIpc) is 3.58. The molecule has 1 saturated heterocycles. The van der Waals surface area contributed by atoms with Gasteiger partial charge in [-0.05, 0) is 69.8 Å². The molecule has 0 aromatic heterocycles. The summed E-state index contributed by atoms with van der Waals surface area (Å²) in [6.07, 6.45) is 7.09. The molecule has 1 amide bonds. The Morgan fingerprint density at radius 3 is 2.60 bits per heavy atom. The van der Waals surface area contributed by atoms with Crippen LogP contribution in [0.1, 0.15) is 44.6 Å². The minimum atomic E-state index is -0.0405. The maximum atomic E-state index is 11.7. The molecule has 3 rings (SSSR count). The predicted octanol–water partition coefficient (Wildman–Crippen LogP) is 1.93. The molecule has 2 fully saturated rings. The zero-order chi connectivity index (χ0) is 21.0. The highest BCUT2D eigenvalue weighted by atomic mass is 16.5.